The van der Waals surface area contributed by atoms with Crippen LogP contribution < -0.4 is 10.3 Å². The topological polar surface area (TPSA) is 49.6 Å². The Bertz CT molecular complexity index is 1130. The molecular weight excluding hydrogens is 431 g/mol. The third-order valence-electron chi connectivity index (χ3n) is 5.61. The number of amides is 1. The van der Waals surface area contributed by atoms with Crippen LogP contribution in [0.15, 0.2) is 53.6 Å². The molecule has 0 atom stereocenters. The molecule has 0 bridgehead atoms. The third kappa shape index (κ3) is 4.48. The number of aryl methyl sites for hydroxylation is 1. The molecule has 1 N–H and O–H groups in total. The van der Waals surface area contributed by atoms with Crippen LogP contribution in [0.3, 0.4) is 0 Å². The van der Waals surface area contributed by atoms with Gasteiger partial charge in [0.05, 0.1) is 21.9 Å². The van der Waals surface area contributed by atoms with Crippen LogP contribution >= 0.6 is 23.2 Å². The number of hydrazone groups is 1. The van der Waals surface area contributed by atoms with Crippen molar-refractivity contribution >= 4 is 41.0 Å². The number of carbonyl (C=O) groups excluding carboxylic acids is 1. The van der Waals surface area contributed by atoms with E-state index < -0.39 is 0 Å². The van der Waals surface area contributed by atoms with Gasteiger partial charge in [-0.3, -0.25) is 4.79 Å². The van der Waals surface area contributed by atoms with E-state index in [1.165, 1.54) is 12.8 Å². The van der Waals surface area contributed by atoms with Crippen molar-refractivity contribution in [3.63, 3.8) is 0 Å². The fraction of sp³-hybridized carbons (Fsp3) is 0.250. The highest BCUT2D eigenvalue weighted by atomic mass is 35.5. The Morgan fingerprint density at radius 1 is 1.06 bits per heavy atom. The number of benzene rings is 2. The highest BCUT2D eigenvalue weighted by Gasteiger charge is 2.15. The molecule has 1 fully saturated rings. The molecule has 1 aliphatic rings. The largest absolute Gasteiger partial charge is 0.372 e. The van der Waals surface area contributed by atoms with Gasteiger partial charge in [-0.15, -0.1) is 0 Å². The predicted molar refractivity (Wildman–Crippen MR) is 128 cm³/mol. The lowest BCUT2D eigenvalue weighted by molar-refractivity contribution is 0.0955. The normalized spacial score (nSPS) is 13.9. The van der Waals surface area contributed by atoms with Crippen molar-refractivity contribution < 1.29 is 4.79 Å². The molecule has 0 radical (unpaired) electrons. The van der Waals surface area contributed by atoms with Crippen LogP contribution in [-0.4, -0.2) is 29.8 Å². The van der Waals surface area contributed by atoms with Crippen LogP contribution in [0.2, 0.25) is 10.0 Å². The summed E-state index contributed by atoms with van der Waals surface area (Å²) in [5.74, 6) is -0.240. The summed E-state index contributed by atoms with van der Waals surface area (Å²) in [6.07, 6.45) is 4.09. The molecule has 7 heteroatoms. The van der Waals surface area contributed by atoms with E-state index in [1.807, 2.05) is 60.9 Å². The first-order valence-electron chi connectivity index (χ1n) is 10.3. The zero-order chi connectivity index (χ0) is 22.0. The number of hydrogen-bond donors (Lipinski definition) is 1. The van der Waals surface area contributed by atoms with Gasteiger partial charge in [-0.05, 0) is 69.2 Å². The van der Waals surface area contributed by atoms with E-state index in [2.05, 4.69) is 15.4 Å². The van der Waals surface area contributed by atoms with Gasteiger partial charge in [0.1, 0.15) is 0 Å². The summed E-state index contributed by atoms with van der Waals surface area (Å²) in [4.78, 5) is 14.8. The van der Waals surface area contributed by atoms with E-state index in [-0.39, 0.29) is 5.91 Å². The van der Waals surface area contributed by atoms with E-state index in [0.717, 1.165) is 41.4 Å². The van der Waals surface area contributed by atoms with Crippen molar-refractivity contribution in [2.45, 2.75) is 26.7 Å². The SMILES string of the molecule is Cc1cc(/C=N\NC(=O)c2ccc(N3CCCC3)cc2)c(C)n1-c1cccc(Cl)c1Cl. The molecule has 1 saturated heterocycles. The highest BCUT2D eigenvalue weighted by Crippen LogP contribution is 2.31. The molecule has 0 saturated carbocycles. The smallest absolute Gasteiger partial charge is 0.271 e. The first kappa shape index (κ1) is 21.5. The van der Waals surface area contributed by atoms with Crippen molar-refractivity contribution in [1.29, 1.82) is 0 Å². The van der Waals surface area contributed by atoms with E-state index in [0.29, 0.717) is 15.6 Å². The number of carbonyl (C=O) groups is 1. The number of nitrogens with zero attached hydrogens (tertiary/aromatic N) is 3. The van der Waals surface area contributed by atoms with Gasteiger partial charge >= 0.3 is 0 Å². The van der Waals surface area contributed by atoms with Crippen molar-refractivity contribution in [3.05, 3.63) is 81.1 Å². The monoisotopic (exact) mass is 454 g/mol. The van der Waals surface area contributed by atoms with E-state index in [9.17, 15) is 4.79 Å². The molecular formula is C24H24Cl2N4O. The van der Waals surface area contributed by atoms with Gasteiger partial charge in [0.15, 0.2) is 0 Å². The van der Waals surface area contributed by atoms with Gasteiger partial charge in [0, 0.05) is 41.3 Å². The quantitative estimate of drug-likeness (QED) is 0.393. The van der Waals surface area contributed by atoms with Crippen molar-refractivity contribution in [3.8, 4) is 5.69 Å². The summed E-state index contributed by atoms with van der Waals surface area (Å²) in [7, 11) is 0. The molecule has 4 rings (SSSR count). The predicted octanol–water partition coefficient (Wildman–Crippen LogP) is 5.77. The van der Waals surface area contributed by atoms with Gasteiger partial charge in [0.2, 0.25) is 0 Å². The van der Waals surface area contributed by atoms with Crippen LogP contribution in [-0.2, 0) is 0 Å². The molecule has 160 valence electrons. The summed E-state index contributed by atoms with van der Waals surface area (Å²) in [6, 6.07) is 15.2. The lowest BCUT2D eigenvalue weighted by atomic mass is 10.2. The minimum absolute atomic E-state index is 0.240. The molecule has 0 spiro atoms. The molecule has 2 heterocycles. The molecule has 1 aromatic heterocycles. The average Bonchev–Trinajstić information content (AvgIpc) is 3.39. The third-order valence-corrected chi connectivity index (χ3v) is 6.42. The lowest BCUT2D eigenvalue weighted by Gasteiger charge is -2.17. The van der Waals surface area contributed by atoms with Crippen molar-refractivity contribution in [2.75, 3.05) is 18.0 Å². The Morgan fingerprint density at radius 3 is 2.48 bits per heavy atom. The zero-order valence-electron chi connectivity index (χ0n) is 17.5. The van der Waals surface area contributed by atoms with Crippen LogP contribution in [0.4, 0.5) is 5.69 Å². The van der Waals surface area contributed by atoms with E-state index >= 15 is 0 Å². The van der Waals surface area contributed by atoms with Crippen molar-refractivity contribution in [2.24, 2.45) is 5.10 Å². The Labute approximate surface area is 192 Å². The second-order valence-corrected chi connectivity index (χ2v) is 8.46. The van der Waals surface area contributed by atoms with Crippen molar-refractivity contribution in [1.82, 2.24) is 9.99 Å². The molecule has 5 nitrogen and oxygen atoms in total. The molecule has 1 aliphatic heterocycles. The van der Waals surface area contributed by atoms with E-state index in [1.54, 1.807) is 12.3 Å². The van der Waals surface area contributed by atoms with Gasteiger partial charge in [0.25, 0.3) is 5.91 Å². The van der Waals surface area contributed by atoms with E-state index in [4.69, 9.17) is 23.2 Å². The minimum Gasteiger partial charge on any atom is -0.372 e. The summed E-state index contributed by atoms with van der Waals surface area (Å²) in [5, 5.41) is 5.16. The Kier molecular flexibility index (Phi) is 6.35. The maximum atomic E-state index is 12.5. The molecule has 31 heavy (non-hydrogen) atoms. The molecule has 1 amide bonds. The first-order valence-corrected chi connectivity index (χ1v) is 11.0. The van der Waals surface area contributed by atoms with Gasteiger partial charge in [-0.2, -0.15) is 5.10 Å². The van der Waals surface area contributed by atoms with Crippen LogP contribution in [0.5, 0.6) is 0 Å². The maximum absolute atomic E-state index is 12.5. The summed E-state index contributed by atoms with van der Waals surface area (Å²) in [6.45, 7) is 6.12. The summed E-state index contributed by atoms with van der Waals surface area (Å²) < 4.78 is 2.02. The fourth-order valence-corrected chi connectivity index (χ4v) is 4.36. The standard InChI is InChI=1S/C24H24Cl2N4O/c1-16-14-19(17(2)30(16)22-7-5-6-21(25)23(22)26)15-27-28-24(31)18-8-10-20(11-9-18)29-12-3-4-13-29/h5-11,14-15H,3-4,12-13H2,1-2H3,(H,28,31)/b27-15-. The molecule has 2 aromatic carbocycles. The fourth-order valence-electron chi connectivity index (χ4n) is 3.98. The number of rotatable bonds is 5. The number of nitrogens with one attached hydrogen (secondary N) is 1. The molecule has 3 aromatic rings. The van der Waals surface area contributed by atoms with Gasteiger partial charge in [-0.25, -0.2) is 5.43 Å². The van der Waals surface area contributed by atoms with Gasteiger partial charge < -0.3 is 9.47 Å². The minimum atomic E-state index is -0.240. The highest BCUT2D eigenvalue weighted by molar-refractivity contribution is 6.43. The maximum Gasteiger partial charge on any atom is 0.271 e. The number of aromatic nitrogens is 1. The summed E-state index contributed by atoms with van der Waals surface area (Å²) in [5.41, 5.74) is 7.99. The van der Waals surface area contributed by atoms with Crippen LogP contribution in [0.25, 0.3) is 5.69 Å². The molecule has 0 unspecified atom stereocenters. The number of anilines is 1. The second-order valence-electron chi connectivity index (χ2n) is 7.67. The number of halogens is 2. The lowest BCUT2D eigenvalue weighted by Crippen LogP contribution is -2.19. The zero-order valence-corrected chi connectivity index (χ0v) is 19.0. The first-order chi connectivity index (χ1) is 15.0. The van der Waals surface area contributed by atoms with Gasteiger partial charge in [-0.1, -0.05) is 29.3 Å². The summed E-state index contributed by atoms with van der Waals surface area (Å²) >= 11 is 12.6. The van der Waals surface area contributed by atoms with Crippen LogP contribution in [0.1, 0.15) is 40.2 Å². The second kappa shape index (κ2) is 9.16. The average molecular weight is 455 g/mol. The Hall–Kier alpha value is -2.76. The Balaban J connectivity index is 1.47. The number of hydrogen-bond acceptors (Lipinski definition) is 3. The van der Waals surface area contributed by atoms with Crippen LogP contribution in [0, 0.1) is 13.8 Å². The molecule has 0 aliphatic carbocycles. The Morgan fingerprint density at radius 2 is 1.77 bits per heavy atom.